The van der Waals surface area contributed by atoms with Crippen molar-refractivity contribution < 1.29 is 23.7 Å². The molecule has 0 spiro atoms. The molecule has 2 atom stereocenters. The van der Waals surface area contributed by atoms with Crippen LogP contribution in [0.1, 0.15) is 34.6 Å². The molecule has 0 saturated heterocycles. The van der Waals surface area contributed by atoms with E-state index in [1.807, 2.05) is 25.1 Å². The van der Waals surface area contributed by atoms with Crippen molar-refractivity contribution in [1.82, 2.24) is 14.9 Å². The Morgan fingerprint density at radius 3 is 2.27 bits per heavy atom. The quantitative estimate of drug-likeness (QED) is 0.259. The molecule has 2 aromatic heterocycles. The molecular weight excluding hydrogens is 511 g/mol. The zero-order chi connectivity index (χ0) is 29.0. The van der Waals surface area contributed by atoms with Crippen LogP contribution in [0.5, 0.6) is 17.6 Å². The minimum absolute atomic E-state index is 0.206. The van der Waals surface area contributed by atoms with Crippen LogP contribution in [-0.2, 0) is 5.60 Å². The van der Waals surface area contributed by atoms with Gasteiger partial charge in [-0.15, -0.1) is 0 Å². The minimum Gasteiger partial charge on any atom is -0.481 e. The lowest BCUT2D eigenvalue weighted by Crippen LogP contribution is -2.38. The number of hydrogen-bond acceptors (Lipinski definition) is 7. The smallest absolute Gasteiger partial charge is 0.217 e. The number of aryl methyl sites for hydroxylation is 1. The van der Waals surface area contributed by atoms with E-state index >= 15 is 4.39 Å². The summed E-state index contributed by atoms with van der Waals surface area (Å²) in [6, 6.07) is 15.4. The molecule has 0 aliphatic rings. The van der Waals surface area contributed by atoms with Crippen LogP contribution in [0.4, 0.5) is 10.1 Å². The molecule has 0 aliphatic carbocycles. The molecule has 2 aromatic carbocycles. The van der Waals surface area contributed by atoms with Gasteiger partial charge in [-0.05, 0) is 67.7 Å². The van der Waals surface area contributed by atoms with E-state index in [9.17, 15) is 5.11 Å². The number of nitrogens with zero attached hydrogens (tertiary/aromatic N) is 4. The first-order valence-electron chi connectivity index (χ1n) is 12.7. The Hall–Kier alpha value is -4.26. The Kier molecular flexibility index (Phi) is 8.52. The van der Waals surface area contributed by atoms with Crippen LogP contribution in [0.15, 0.2) is 54.6 Å². The van der Waals surface area contributed by atoms with Crippen LogP contribution in [-0.4, -0.2) is 61.9 Å². The van der Waals surface area contributed by atoms with Crippen LogP contribution in [0, 0.1) is 19.3 Å². The van der Waals surface area contributed by atoms with Crippen molar-refractivity contribution in [2.75, 3.05) is 42.0 Å². The van der Waals surface area contributed by atoms with Crippen LogP contribution >= 0.6 is 0 Å². The van der Waals surface area contributed by atoms with Gasteiger partial charge < -0.3 is 24.2 Å². The molecule has 40 heavy (non-hydrogen) atoms. The maximum atomic E-state index is 16.1. The Labute approximate surface area is 233 Å². The van der Waals surface area contributed by atoms with E-state index in [0.717, 1.165) is 0 Å². The van der Waals surface area contributed by atoms with Gasteiger partial charge in [0, 0.05) is 24.2 Å². The van der Waals surface area contributed by atoms with Crippen molar-refractivity contribution in [3.63, 3.8) is 0 Å². The van der Waals surface area contributed by atoms with Crippen molar-refractivity contribution in [2.45, 2.75) is 24.9 Å². The van der Waals surface area contributed by atoms with Crippen LogP contribution < -0.4 is 14.2 Å². The number of fused-ring (bicyclic) bond motifs is 1. The molecule has 1 N–H and O–H groups in total. The number of aliphatic hydroxyl groups is 1. The van der Waals surface area contributed by atoms with Gasteiger partial charge in [-0.25, -0.2) is 14.2 Å². The third-order valence-corrected chi connectivity index (χ3v) is 7.07. The molecule has 4 aromatic rings. The molecule has 0 fully saturated rings. The van der Waals surface area contributed by atoms with Crippen molar-refractivity contribution in [2.24, 2.45) is 0 Å². The van der Waals surface area contributed by atoms with Crippen LogP contribution in [0.25, 0.3) is 15.7 Å². The van der Waals surface area contributed by atoms with Gasteiger partial charge >= 0.3 is 0 Å². The number of ether oxygens (including phenoxy) is 3. The van der Waals surface area contributed by atoms with Crippen molar-refractivity contribution in [3.05, 3.63) is 94.1 Å². The highest BCUT2D eigenvalue weighted by Crippen LogP contribution is 2.49. The molecule has 9 heteroatoms. The average molecular weight is 545 g/mol. The van der Waals surface area contributed by atoms with Crippen molar-refractivity contribution in [3.8, 4) is 17.6 Å². The van der Waals surface area contributed by atoms with Crippen molar-refractivity contribution >= 4 is 16.6 Å². The predicted molar refractivity (Wildman–Crippen MR) is 152 cm³/mol. The third-order valence-electron chi connectivity index (χ3n) is 7.07. The van der Waals surface area contributed by atoms with E-state index in [2.05, 4.69) is 9.83 Å². The summed E-state index contributed by atoms with van der Waals surface area (Å²) >= 11 is 0. The highest BCUT2D eigenvalue weighted by molar-refractivity contribution is 5.84. The standard InChI is InChI=1S/C31H33FN4O4/c1-19-9-8-10-23(29(19)32)28(24-16-20-15-22(33-2)11-12-25(20)34-30(24)40-7)31(37,13-14-36(3)4)21-17-26(38-5)35-27(18-21)39-6/h8-12,15-18,28,37H,13-14H2,1,3-7H3. The Morgan fingerprint density at radius 1 is 0.975 bits per heavy atom. The van der Waals surface area contributed by atoms with E-state index in [1.54, 1.807) is 55.5 Å². The first-order chi connectivity index (χ1) is 19.1. The van der Waals surface area contributed by atoms with Gasteiger partial charge in [-0.2, -0.15) is 4.98 Å². The summed E-state index contributed by atoms with van der Waals surface area (Å²) in [5, 5.41) is 13.6. The second-order valence-electron chi connectivity index (χ2n) is 9.90. The molecule has 8 nitrogen and oxygen atoms in total. The zero-order valence-corrected chi connectivity index (χ0v) is 23.5. The van der Waals surface area contributed by atoms with Crippen LogP contribution in [0.3, 0.4) is 0 Å². The maximum absolute atomic E-state index is 16.1. The number of methoxy groups -OCH3 is 3. The number of benzene rings is 2. The summed E-state index contributed by atoms with van der Waals surface area (Å²) in [6.07, 6.45) is 0.206. The van der Waals surface area contributed by atoms with Crippen LogP contribution in [0.2, 0.25) is 0 Å². The van der Waals surface area contributed by atoms with Gasteiger partial charge in [0.1, 0.15) is 11.4 Å². The molecule has 0 saturated carbocycles. The van der Waals surface area contributed by atoms with Gasteiger partial charge in [-0.1, -0.05) is 24.3 Å². The fraction of sp³-hybridized carbons (Fsp3) is 0.323. The predicted octanol–water partition coefficient (Wildman–Crippen LogP) is 5.63. The summed E-state index contributed by atoms with van der Waals surface area (Å²) in [6.45, 7) is 9.62. The van der Waals surface area contributed by atoms with Gasteiger partial charge in [0.05, 0.1) is 39.3 Å². The molecule has 0 amide bonds. The second kappa shape index (κ2) is 11.9. The molecule has 0 aliphatic heterocycles. The lowest BCUT2D eigenvalue weighted by atomic mass is 9.71. The first-order valence-corrected chi connectivity index (χ1v) is 12.7. The topological polar surface area (TPSA) is 81.3 Å². The number of pyridine rings is 2. The van der Waals surface area contributed by atoms with Crippen molar-refractivity contribution in [1.29, 1.82) is 0 Å². The van der Waals surface area contributed by atoms with E-state index in [4.69, 9.17) is 25.8 Å². The molecule has 0 bridgehead atoms. The monoisotopic (exact) mass is 544 g/mol. The van der Waals surface area contributed by atoms with E-state index < -0.39 is 17.3 Å². The molecule has 0 radical (unpaired) electrons. The summed E-state index contributed by atoms with van der Waals surface area (Å²) < 4.78 is 32.7. The molecule has 2 heterocycles. The molecular formula is C31H33FN4O4. The average Bonchev–Trinajstić information content (AvgIpc) is 2.97. The second-order valence-corrected chi connectivity index (χ2v) is 9.90. The molecule has 4 rings (SSSR count). The fourth-order valence-electron chi connectivity index (χ4n) is 4.97. The highest BCUT2D eigenvalue weighted by Gasteiger charge is 2.44. The Morgan fingerprint density at radius 2 is 1.68 bits per heavy atom. The number of hydrogen-bond donors (Lipinski definition) is 1. The zero-order valence-electron chi connectivity index (χ0n) is 23.5. The largest absolute Gasteiger partial charge is 0.481 e. The lowest BCUT2D eigenvalue weighted by molar-refractivity contribution is 0.00239. The number of aromatic nitrogens is 2. The highest BCUT2D eigenvalue weighted by atomic mass is 19.1. The summed E-state index contributed by atoms with van der Waals surface area (Å²) in [5.74, 6) is -0.698. The SMILES string of the molecule is [C-]#[N+]c1ccc2nc(OC)c(C(c3cccc(C)c3F)C(O)(CCN(C)C)c3cc(OC)nc(OC)c3)cc2c1. The third kappa shape index (κ3) is 5.55. The summed E-state index contributed by atoms with van der Waals surface area (Å²) in [5.41, 5.74) is 0.958. The molecule has 2 unspecified atom stereocenters. The van der Waals surface area contributed by atoms with E-state index in [0.29, 0.717) is 39.8 Å². The van der Waals surface area contributed by atoms with E-state index in [-0.39, 0.29) is 29.6 Å². The van der Waals surface area contributed by atoms with Gasteiger partial charge in [0.25, 0.3) is 0 Å². The summed E-state index contributed by atoms with van der Waals surface area (Å²) in [7, 11) is 8.26. The fourth-order valence-corrected chi connectivity index (χ4v) is 4.97. The number of halogens is 1. The first kappa shape index (κ1) is 28.7. The lowest BCUT2D eigenvalue weighted by Gasteiger charge is -2.39. The van der Waals surface area contributed by atoms with Gasteiger partial charge in [-0.3, -0.25) is 0 Å². The molecule has 208 valence electrons. The maximum Gasteiger partial charge on any atom is 0.217 e. The normalized spacial score (nSPS) is 13.5. The minimum atomic E-state index is -1.71. The van der Waals surface area contributed by atoms with E-state index in [1.165, 1.54) is 21.3 Å². The summed E-state index contributed by atoms with van der Waals surface area (Å²) in [4.78, 5) is 14.5. The Bertz CT molecular complexity index is 1550. The van der Waals surface area contributed by atoms with Gasteiger partial charge in [0.15, 0.2) is 5.69 Å². The Balaban J connectivity index is 2.12. The number of rotatable bonds is 10. The van der Waals surface area contributed by atoms with Gasteiger partial charge in [0.2, 0.25) is 17.6 Å².